The summed E-state index contributed by atoms with van der Waals surface area (Å²) in [5.74, 6) is 0.618. The van der Waals surface area contributed by atoms with E-state index in [4.69, 9.17) is 16.0 Å². The molecule has 0 aliphatic carbocycles. The molecule has 4 nitrogen and oxygen atoms in total. The second-order valence-corrected chi connectivity index (χ2v) is 3.28. The van der Waals surface area contributed by atoms with Crippen LogP contribution in [0, 0.1) is 0 Å². The molecule has 2 aromatic rings. The first kappa shape index (κ1) is 8.52. The van der Waals surface area contributed by atoms with Crippen molar-refractivity contribution >= 4 is 29.1 Å². The molecule has 0 aliphatic rings. The van der Waals surface area contributed by atoms with Crippen LogP contribution in [0.4, 0.5) is 5.82 Å². The van der Waals surface area contributed by atoms with E-state index in [0.717, 1.165) is 17.3 Å². The summed E-state index contributed by atoms with van der Waals surface area (Å²) < 4.78 is 12.7. The highest BCUT2D eigenvalue weighted by Crippen LogP contribution is 2.18. The number of hydrogen-bond donors (Lipinski definition) is 1. The van der Waals surface area contributed by atoms with Crippen molar-refractivity contribution in [2.45, 2.75) is 6.54 Å². The van der Waals surface area contributed by atoms with E-state index in [0.29, 0.717) is 17.5 Å². The second-order valence-electron chi connectivity index (χ2n) is 2.39. The maximum absolute atomic E-state index is 5.73. The van der Waals surface area contributed by atoms with Gasteiger partial charge in [0.1, 0.15) is 0 Å². The summed E-state index contributed by atoms with van der Waals surface area (Å²) in [7, 11) is 0. The Balaban J connectivity index is 1.97. The van der Waals surface area contributed by atoms with Gasteiger partial charge >= 0.3 is 0 Å². The van der Waals surface area contributed by atoms with Gasteiger partial charge in [0.05, 0.1) is 24.3 Å². The van der Waals surface area contributed by atoms with E-state index < -0.39 is 0 Å². The van der Waals surface area contributed by atoms with Gasteiger partial charge in [0.25, 0.3) is 0 Å². The summed E-state index contributed by atoms with van der Waals surface area (Å²) in [5, 5.41) is 3.45. The zero-order valence-corrected chi connectivity index (χ0v) is 8.10. The highest BCUT2D eigenvalue weighted by atomic mass is 35.5. The molecule has 0 bridgehead atoms. The smallest absolute Gasteiger partial charge is 0.186 e. The number of anilines is 1. The van der Waals surface area contributed by atoms with Crippen LogP contribution < -0.4 is 5.32 Å². The third-order valence-corrected chi connectivity index (χ3v) is 2.38. The van der Waals surface area contributed by atoms with Gasteiger partial charge in [0, 0.05) is 12.1 Å². The van der Waals surface area contributed by atoms with Crippen LogP contribution in [0.5, 0.6) is 0 Å². The Morgan fingerprint density at radius 2 is 2.46 bits per heavy atom. The number of nitrogens with one attached hydrogen (secondary N) is 1. The Bertz CT molecular complexity index is 373. The number of hydrogen-bond acceptors (Lipinski definition) is 5. The molecular weight excluding hydrogens is 210 g/mol. The van der Waals surface area contributed by atoms with E-state index in [1.54, 1.807) is 12.5 Å². The maximum Gasteiger partial charge on any atom is 0.186 e. The van der Waals surface area contributed by atoms with Crippen LogP contribution >= 0.6 is 23.3 Å². The van der Waals surface area contributed by atoms with Crippen molar-refractivity contribution in [2.24, 2.45) is 0 Å². The Labute approximate surface area is 83.9 Å². The van der Waals surface area contributed by atoms with Crippen molar-refractivity contribution in [3.05, 3.63) is 29.3 Å². The molecule has 0 unspecified atom stereocenters. The fourth-order valence-corrected chi connectivity index (χ4v) is 1.55. The van der Waals surface area contributed by atoms with Crippen molar-refractivity contribution in [1.82, 2.24) is 8.75 Å². The highest BCUT2D eigenvalue weighted by molar-refractivity contribution is 6.99. The largest absolute Gasteiger partial charge is 0.472 e. The zero-order chi connectivity index (χ0) is 9.10. The van der Waals surface area contributed by atoms with Crippen molar-refractivity contribution in [2.75, 3.05) is 5.32 Å². The normalized spacial score (nSPS) is 10.2. The average molecular weight is 216 g/mol. The topological polar surface area (TPSA) is 51.0 Å². The molecule has 13 heavy (non-hydrogen) atoms. The molecule has 1 N–H and O–H groups in total. The predicted octanol–water partition coefficient (Wildman–Crippen LogP) is 2.40. The van der Waals surface area contributed by atoms with Gasteiger partial charge in [-0.25, -0.2) is 0 Å². The van der Waals surface area contributed by atoms with E-state index in [1.807, 2.05) is 6.07 Å². The lowest BCUT2D eigenvalue weighted by Gasteiger charge is -1.98. The molecular formula is C7H6ClN3OS. The van der Waals surface area contributed by atoms with Gasteiger partial charge < -0.3 is 9.73 Å². The monoisotopic (exact) mass is 215 g/mol. The van der Waals surface area contributed by atoms with Crippen molar-refractivity contribution in [3.63, 3.8) is 0 Å². The SMILES string of the molecule is Clc1nsnc1NCc1ccoc1. The Kier molecular flexibility index (Phi) is 2.47. The molecule has 0 amide bonds. The van der Waals surface area contributed by atoms with Crippen LogP contribution in [0.2, 0.25) is 5.15 Å². The number of halogens is 1. The number of nitrogens with zero attached hydrogens (tertiary/aromatic N) is 2. The summed E-state index contributed by atoms with van der Waals surface area (Å²) >= 11 is 6.82. The number of aromatic nitrogens is 2. The lowest BCUT2D eigenvalue weighted by atomic mass is 10.3. The van der Waals surface area contributed by atoms with Gasteiger partial charge in [-0.05, 0) is 6.07 Å². The molecule has 0 aliphatic heterocycles. The Hall–Kier alpha value is -1.07. The van der Waals surface area contributed by atoms with Crippen LogP contribution in [-0.4, -0.2) is 8.75 Å². The van der Waals surface area contributed by atoms with Gasteiger partial charge in [-0.1, -0.05) is 11.6 Å². The van der Waals surface area contributed by atoms with E-state index in [9.17, 15) is 0 Å². The summed E-state index contributed by atoms with van der Waals surface area (Å²) in [6.45, 7) is 0.641. The van der Waals surface area contributed by atoms with Crippen LogP contribution in [-0.2, 0) is 6.54 Å². The fourth-order valence-electron chi connectivity index (χ4n) is 0.862. The van der Waals surface area contributed by atoms with Crippen molar-refractivity contribution in [1.29, 1.82) is 0 Å². The van der Waals surface area contributed by atoms with Gasteiger partial charge in [0.15, 0.2) is 11.0 Å². The number of rotatable bonds is 3. The molecule has 2 aromatic heterocycles. The van der Waals surface area contributed by atoms with Crippen LogP contribution in [0.1, 0.15) is 5.56 Å². The van der Waals surface area contributed by atoms with Crippen molar-refractivity contribution in [3.8, 4) is 0 Å². The zero-order valence-electron chi connectivity index (χ0n) is 6.53. The lowest BCUT2D eigenvalue weighted by molar-refractivity contribution is 0.564. The average Bonchev–Trinajstić information content (AvgIpc) is 2.72. The first-order valence-corrected chi connectivity index (χ1v) is 4.70. The molecule has 68 valence electrons. The predicted molar refractivity (Wildman–Crippen MR) is 51.0 cm³/mol. The molecule has 0 atom stereocenters. The molecule has 0 fully saturated rings. The Morgan fingerprint density at radius 3 is 3.08 bits per heavy atom. The molecule has 6 heteroatoms. The third-order valence-electron chi connectivity index (χ3n) is 1.49. The van der Waals surface area contributed by atoms with Crippen LogP contribution in [0.25, 0.3) is 0 Å². The van der Waals surface area contributed by atoms with Gasteiger partial charge in [-0.15, -0.1) is 0 Å². The van der Waals surface area contributed by atoms with Crippen LogP contribution in [0.3, 0.4) is 0 Å². The third kappa shape index (κ3) is 1.99. The lowest BCUT2D eigenvalue weighted by Crippen LogP contribution is -1.98. The quantitative estimate of drug-likeness (QED) is 0.854. The molecule has 0 saturated heterocycles. The first-order chi connectivity index (χ1) is 6.36. The summed E-state index contributed by atoms with van der Waals surface area (Å²) in [6.07, 6.45) is 3.29. The van der Waals surface area contributed by atoms with E-state index in [-0.39, 0.29) is 0 Å². The summed E-state index contributed by atoms with van der Waals surface area (Å²) in [6, 6.07) is 1.88. The minimum Gasteiger partial charge on any atom is -0.472 e. The van der Waals surface area contributed by atoms with Gasteiger partial charge in [-0.2, -0.15) is 8.75 Å². The van der Waals surface area contributed by atoms with E-state index in [1.165, 1.54) is 0 Å². The molecule has 2 heterocycles. The van der Waals surface area contributed by atoms with Gasteiger partial charge in [-0.3, -0.25) is 0 Å². The summed E-state index contributed by atoms with van der Waals surface area (Å²) in [4.78, 5) is 0. The summed E-state index contributed by atoms with van der Waals surface area (Å²) in [5.41, 5.74) is 1.05. The molecule has 0 spiro atoms. The maximum atomic E-state index is 5.73. The molecule has 0 saturated carbocycles. The molecule has 0 radical (unpaired) electrons. The Morgan fingerprint density at radius 1 is 1.54 bits per heavy atom. The standard InChI is InChI=1S/C7H6ClN3OS/c8-6-7(11-13-10-6)9-3-5-1-2-12-4-5/h1-2,4H,3H2,(H,9,11). The molecule has 0 aromatic carbocycles. The minimum absolute atomic E-state index is 0.411. The number of furan rings is 1. The van der Waals surface area contributed by atoms with E-state index in [2.05, 4.69) is 14.1 Å². The minimum atomic E-state index is 0.411. The second kappa shape index (κ2) is 3.76. The fraction of sp³-hybridized carbons (Fsp3) is 0.143. The van der Waals surface area contributed by atoms with E-state index >= 15 is 0 Å². The molecule has 2 rings (SSSR count). The van der Waals surface area contributed by atoms with Gasteiger partial charge in [0.2, 0.25) is 0 Å². The highest BCUT2D eigenvalue weighted by Gasteiger charge is 2.03. The van der Waals surface area contributed by atoms with Crippen LogP contribution in [0.15, 0.2) is 23.0 Å². The van der Waals surface area contributed by atoms with Crippen molar-refractivity contribution < 1.29 is 4.42 Å². The first-order valence-electron chi connectivity index (χ1n) is 3.59.